The predicted octanol–water partition coefficient (Wildman–Crippen LogP) is 1.40. The van der Waals surface area contributed by atoms with Crippen molar-refractivity contribution >= 4 is 28.2 Å². The van der Waals surface area contributed by atoms with Gasteiger partial charge in [-0.05, 0) is 31.3 Å². The van der Waals surface area contributed by atoms with Gasteiger partial charge in [-0.15, -0.1) is 12.4 Å². The Labute approximate surface area is 128 Å². The van der Waals surface area contributed by atoms with Gasteiger partial charge in [0.25, 0.3) is 5.91 Å². The van der Waals surface area contributed by atoms with Gasteiger partial charge in [0.15, 0.2) is 0 Å². The number of alkyl halides is 2. The number of amides is 1. The molecular formula is C12H17ClF2N2O3S. The minimum absolute atomic E-state index is 0. The Kier molecular flexibility index (Phi) is 7.76. The fourth-order valence-electron chi connectivity index (χ4n) is 1.49. The van der Waals surface area contributed by atoms with E-state index in [1.54, 1.807) is 14.1 Å². The summed E-state index contributed by atoms with van der Waals surface area (Å²) in [5.74, 6) is -3.77. The number of hydrogen-bond donors (Lipinski definition) is 1. The van der Waals surface area contributed by atoms with Crippen LogP contribution < -0.4 is 5.32 Å². The fourth-order valence-corrected chi connectivity index (χ4v) is 2.21. The van der Waals surface area contributed by atoms with Crippen LogP contribution in [0.2, 0.25) is 0 Å². The maximum absolute atomic E-state index is 12.4. The number of carbonyl (C=O) groups is 1. The Balaban J connectivity index is 0.00000400. The first-order valence-electron chi connectivity index (χ1n) is 5.83. The van der Waals surface area contributed by atoms with Crippen molar-refractivity contribution < 1.29 is 22.0 Å². The second-order valence-corrected chi connectivity index (χ2v) is 6.08. The molecule has 0 spiro atoms. The minimum Gasteiger partial charge on any atom is -0.340 e. The lowest BCUT2D eigenvalue weighted by molar-refractivity contribution is 0.0797. The van der Waals surface area contributed by atoms with Crippen molar-refractivity contribution in [3.05, 3.63) is 29.8 Å². The third-order valence-electron chi connectivity index (χ3n) is 2.71. The first kappa shape index (κ1) is 19.8. The van der Waals surface area contributed by atoms with E-state index >= 15 is 0 Å². The standard InChI is InChI=1S/C12H16F2N2O3S.ClH/c1-15-7-8-16(2)11(17)9-3-5-10(6-4-9)20(18,19)12(13)14;/h3-6,12,15H,7-8H2,1-2H3;1H. The SMILES string of the molecule is CNCCN(C)C(=O)c1ccc(S(=O)(=O)C(F)F)cc1.Cl. The molecule has 1 rings (SSSR count). The molecule has 0 saturated carbocycles. The van der Waals surface area contributed by atoms with Crippen molar-refractivity contribution in [1.82, 2.24) is 10.2 Å². The molecule has 0 aliphatic carbocycles. The van der Waals surface area contributed by atoms with Crippen molar-refractivity contribution in [3.8, 4) is 0 Å². The Morgan fingerprint density at radius 1 is 1.29 bits per heavy atom. The summed E-state index contributed by atoms with van der Waals surface area (Å²) in [6.45, 7) is 1.09. The minimum atomic E-state index is -4.62. The van der Waals surface area contributed by atoms with Crippen LogP contribution in [0.4, 0.5) is 8.78 Å². The average Bonchev–Trinajstić information content (AvgIpc) is 2.43. The van der Waals surface area contributed by atoms with Gasteiger partial charge < -0.3 is 10.2 Å². The molecule has 5 nitrogen and oxygen atoms in total. The van der Waals surface area contributed by atoms with E-state index in [1.165, 1.54) is 17.0 Å². The number of likely N-dealkylation sites (N-methyl/N-ethyl adjacent to an activating group) is 2. The smallest absolute Gasteiger partial charge is 0.340 e. The van der Waals surface area contributed by atoms with E-state index in [9.17, 15) is 22.0 Å². The predicted molar refractivity (Wildman–Crippen MR) is 77.8 cm³/mol. The van der Waals surface area contributed by atoms with E-state index in [-0.39, 0.29) is 23.9 Å². The molecule has 0 bridgehead atoms. The van der Waals surface area contributed by atoms with Gasteiger partial charge in [0.2, 0.25) is 9.84 Å². The van der Waals surface area contributed by atoms with Crippen molar-refractivity contribution in [1.29, 1.82) is 0 Å². The third-order valence-corrected chi connectivity index (χ3v) is 4.11. The maximum atomic E-state index is 12.4. The molecule has 1 aromatic rings. The molecule has 21 heavy (non-hydrogen) atoms. The van der Waals surface area contributed by atoms with E-state index in [2.05, 4.69) is 5.32 Å². The Hall–Kier alpha value is -1.25. The van der Waals surface area contributed by atoms with Gasteiger partial charge in [-0.2, -0.15) is 8.78 Å². The van der Waals surface area contributed by atoms with Crippen molar-refractivity contribution in [2.24, 2.45) is 0 Å². The van der Waals surface area contributed by atoms with E-state index in [4.69, 9.17) is 0 Å². The summed E-state index contributed by atoms with van der Waals surface area (Å²) < 4.78 is 47.2. The van der Waals surface area contributed by atoms with E-state index < -0.39 is 20.5 Å². The van der Waals surface area contributed by atoms with Gasteiger partial charge in [-0.25, -0.2) is 8.42 Å². The lowest BCUT2D eigenvalue weighted by atomic mass is 10.2. The number of benzene rings is 1. The number of carbonyl (C=O) groups excluding carboxylic acids is 1. The van der Waals surface area contributed by atoms with Crippen LogP contribution in [0.15, 0.2) is 29.2 Å². The van der Waals surface area contributed by atoms with E-state index in [1.807, 2.05) is 0 Å². The third kappa shape index (κ3) is 4.90. The highest BCUT2D eigenvalue weighted by Gasteiger charge is 2.26. The molecule has 9 heteroatoms. The van der Waals surface area contributed by atoms with Gasteiger partial charge in [0.05, 0.1) is 4.90 Å². The lowest BCUT2D eigenvalue weighted by Gasteiger charge is -2.17. The van der Waals surface area contributed by atoms with Crippen LogP contribution in [-0.2, 0) is 9.84 Å². The van der Waals surface area contributed by atoms with Gasteiger partial charge in [-0.1, -0.05) is 0 Å². The number of rotatable bonds is 6. The molecule has 1 amide bonds. The first-order valence-corrected chi connectivity index (χ1v) is 7.37. The van der Waals surface area contributed by atoms with Crippen molar-refractivity contribution in [2.45, 2.75) is 10.7 Å². The largest absolute Gasteiger partial charge is 0.341 e. The monoisotopic (exact) mass is 342 g/mol. The van der Waals surface area contributed by atoms with Crippen LogP contribution >= 0.6 is 12.4 Å². The average molecular weight is 343 g/mol. The van der Waals surface area contributed by atoms with Gasteiger partial charge >= 0.3 is 5.76 Å². The van der Waals surface area contributed by atoms with Crippen molar-refractivity contribution in [3.63, 3.8) is 0 Å². The van der Waals surface area contributed by atoms with Crippen LogP contribution in [0, 0.1) is 0 Å². The molecule has 0 heterocycles. The number of nitrogens with zero attached hydrogens (tertiary/aromatic N) is 1. The molecule has 120 valence electrons. The molecular weight excluding hydrogens is 326 g/mol. The molecule has 0 aliphatic heterocycles. The van der Waals surface area contributed by atoms with E-state index in [0.29, 0.717) is 13.1 Å². The zero-order chi connectivity index (χ0) is 15.3. The summed E-state index contributed by atoms with van der Waals surface area (Å²) in [6, 6.07) is 4.49. The molecule has 0 saturated heterocycles. The molecule has 0 aliphatic rings. The molecule has 0 atom stereocenters. The summed E-state index contributed by atoms with van der Waals surface area (Å²) in [4.78, 5) is 12.9. The molecule has 1 N–H and O–H groups in total. The highest BCUT2D eigenvalue weighted by Crippen LogP contribution is 2.19. The molecule has 0 aromatic heterocycles. The normalized spacial score (nSPS) is 11.1. The van der Waals surface area contributed by atoms with Gasteiger partial charge in [0, 0.05) is 25.7 Å². The molecule has 0 unspecified atom stereocenters. The van der Waals surface area contributed by atoms with Crippen LogP contribution in [0.1, 0.15) is 10.4 Å². The summed E-state index contributed by atoms with van der Waals surface area (Å²) in [7, 11) is -1.27. The van der Waals surface area contributed by atoms with Crippen LogP contribution in [0.5, 0.6) is 0 Å². The van der Waals surface area contributed by atoms with Crippen molar-refractivity contribution in [2.75, 3.05) is 27.2 Å². The van der Waals surface area contributed by atoms with Crippen LogP contribution in [0.25, 0.3) is 0 Å². The van der Waals surface area contributed by atoms with E-state index in [0.717, 1.165) is 12.1 Å². The molecule has 0 radical (unpaired) electrons. The first-order chi connectivity index (χ1) is 9.30. The zero-order valence-electron chi connectivity index (χ0n) is 11.5. The quantitative estimate of drug-likeness (QED) is 0.848. The lowest BCUT2D eigenvalue weighted by Crippen LogP contribution is -2.32. The molecule has 0 fully saturated rings. The topological polar surface area (TPSA) is 66.5 Å². The number of sulfone groups is 1. The Bertz CT molecular complexity index is 564. The fraction of sp³-hybridized carbons (Fsp3) is 0.417. The van der Waals surface area contributed by atoms with Crippen LogP contribution in [-0.4, -0.2) is 52.2 Å². The molecule has 1 aromatic carbocycles. The van der Waals surface area contributed by atoms with Gasteiger partial charge in [0.1, 0.15) is 0 Å². The summed E-state index contributed by atoms with van der Waals surface area (Å²) in [5.41, 5.74) is 0.247. The number of halogens is 3. The van der Waals surface area contributed by atoms with Gasteiger partial charge in [-0.3, -0.25) is 4.79 Å². The van der Waals surface area contributed by atoms with Crippen LogP contribution in [0.3, 0.4) is 0 Å². The highest BCUT2D eigenvalue weighted by atomic mass is 35.5. The Morgan fingerprint density at radius 2 is 1.81 bits per heavy atom. The summed E-state index contributed by atoms with van der Waals surface area (Å²) >= 11 is 0. The maximum Gasteiger partial charge on any atom is 0.341 e. The number of hydrogen-bond acceptors (Lipinski definition) is 4. The second-order valence-electron chi connectivity index (χ2n) is 4.16. The number of nitrogens with one attached hydrogen (secondary N) is 1. The summed E-state index contributed by atoms with van der Waals surface area (Å²) in [6.07, 6.45) is 0. The second kappa shape index (κ2) is 8.26. The summed E-state index contributed by atoms with van der Waals surface area (Å²) in [5, 5.41) is 2.89. The zero-order valence-corrected chi connectivity index (χ0v) is 13.2. The highest BCUT2D eigenvalue weighted by molar-refractivity contribution is 7.91. The Morgan fingerprint density at radius 3 is 2.24 bits per heavy atom.